The van der Waals surface area contributed by atoms with Crippen molar-refractivity contribution in [3.63, 3.8) is 0 Å². The summed E-state index contributed by atoms with van der Waals surface area (Å²) in [6.07, 6.45) is 4.53. The summed E-state index contributed by atoms with van der Waals surface area (Å²) in [5, 5.41) is 2.90. The van der Waals surface area contributed by atoms with Gasteiger partial charge in [-0.3, -0.25) is 4.79 Å². The van der Waals surface area contributed by atoms with Crippen molar-refractivity contribution < 1.29 is 9.21 Å². The SMILES string of the molecule is CCCn1cc(Br)cc1C(=O)NC(C)c1ncc(C)o1. The molecule has 0 saturated heterocycles. The van der Waals surface area contributed by atoms with Crippen LogP contribution in [0.4, 0.5) is 0 Å². The van der Waals surface area contributed by atoms with Crippen LogP contribution in [0, 0.1) is 6.92 Å². The number of nitrogens with one attached hydrogen (secondary N) is 1. The third-order valence-electron chi connectivity index (χ3n) is 2.92. The van der Waals surface area contributed by atoms with Gasteiger partial charge in [0.05, 0.1) is 6.20 Å². The van der Waals surface area contributed by atoms with Crippen molar-refractivity contribution in [3.8, 4) is 0 Å². The fraction of sp³-hybridized carbons (Fsp3) is 0.429. The molecule has 2 aromatic heterocycles. The van der Waals surface area contributed by atoms with Crippen LogP contribution in [-0.4, -0.2) is 15.5 Å². The van der Waals surface area contributed by atoms with Crippen molar-refractivity contribution >= 4 is 21.8 Å². The van der Waals surface area contributed by atoms with Crippen LogP contribution < -0.4 is 5.32 Å². The number of hydrogen-bond acceptors (Lipinski definition) is 3. The third-order valence-corrected chi connectivity index (χ3v) is 3.35. The Bertz CT molecular complexity index is 603. The Balaban J connectivity index is 2.11. The van der Waals surface area contributed by atoms with Gasteiger partial charge >= 0.3 is 0 Å². The molecule has 0 spiro atoms. The van der Waals surface area contributed by atoms with Gasteiger partial charge in [-0.25, -0.2) is 4.98 Å². The molecule has 0 aliphatic heterocycles. The number of aryl methyl sites for hydroxylation is 2. The Morgan fingerprint density at radius 2 is 2.35 bits per heavy atom. The minimum absolute atomic E-state index is 0.132. The molecule has 0 aromatic carbocycles. The number of rotatable bonds is 5. The van der Waals surface area contributed by atoms with Crippen LogP contribution in [0.25, 0.3) is 0 Å². The van der Waals surface area contributed by atoms with Crippen LogP contribution in [-0.2, 0) is 6.54 Å². The van der Waals surface area contributed by atoms with Crippen LogP contribution in [0.15, 0.2) is 27.3 Å². The Morgan fingerprint density at radius 1 is 1.60 bits per heavy atom. The van der Waals surface area contributed by atoms with Gasteiger partial charge in [-0.1, -0.05) is 6.92 Å². The molecule has 0 aliphatic rings. The molecule has 108 valence electrons. The molecule has 0 saturated carbocycles. The van der Waals surface area contributed by atoms with E-state index in [2.05, 4.69) is 33.2 Å². The minimum Gasteiger partial charge on any atom is -0.444 e. The lowest BCUT2D eigenvalue weighted by atomic mass is 10.3. The van der Waals surface area contributed by atoms with Gasteiger partial charge in [0.1, 0.15) is 17.5 Å². The van der Waals surface area contributed by atoms with E-state index in [1.807, 2.05) is 30.7 Å². The fourth-order valence-corrected chi connectivity index (χ4v) is 2.46. The zero-order valence-electron chi connectivity index (χ0n) is 11.8. The monoisotopic (exact) mass is 339 g/mol. The first-order valence-corrected chi connectivity index (χ1v) is 7.39. The van der Waals surface area contributed by atoms with Crippen molar-refractivity contribution in [1.29, 1.82) is 0 Å². The predicted octanol–water partition coefficient (Wildman–Crippen LogP) is 3.45. The van der Waals surface area contributed by atoms with E-state index < -0.39 is 0 Å². The zero-order chi connectivity index (χ0) is 14.7. The van der Waals surface area contributed by atoms with Crippen molar-refractivity contribution in [2.75, 3.05) is 0 Å². The smallest absolute Gasteiger partial charge is 0.268 e. The summed E-state index contributed by atoms with van der Waals surface area (Å²) >= 11 is 3.40. The summed E-state index contributed by atoms with van der Waals surface area (Å²) in [6.45, 7) is 6.56. The second kappa shape index (κ2) is 6.26. The largest absolute Gasteiger partial charge is 0.444 e. The number of amides is 1. The molecule has 0 radical (unpaired) electrons. The van der Waals surface area contributed by atoms with Crippen molar-refractivity contribution in [2.45, 2.75) is 39.8 Å². The molecule has 0 bridgehead atoms. The van der Waals surface area contributed by atoms with E-state index in [9.17, 15) is 4.79 Å². The van der Waals surface area contributed by atoms with E-state index >= 15 is 0 Å². The Kier molecular flexibility index (Phi) is 4.65. The van der Waals surface area contributed by atoms with Gasteiger partial charge in [0.2, 0.25) is 5.89 Å². The molecule has 1 amide bonds. The summed E-state index contributed by atoms with van der Waals surface area (Å²) in [5.41, 5.74) is 0.633. The molecule has 0 aliphatic carbocycles. The Hall–Kier alpha value is -1.56. The van der Waals surface area contributed by atoms with Crippen LogP contribution in [0.2, 0.25) is 0 Å². The average Bonchev–Trinajstić information content (AvgIpc) is 2.96. The molecule has 2 aromatic rings. The predicted molar refractivity (Wildman–Crippen MR) is 79.5 cm³/mol. The lowest BCUT2D eigenvalue weighted by Gasteiger charge is -2.12. The topological polar surface area (TPSA) is 60.1 Å². The summed E-state index contributed by atoms with van der Waals surface area (Å²) in [6, 6.07) is 1.55. The maximum atomic E-state index is 12.3. The molecule has 1 atom stereocenters. The van der Waals surface area contributed by atoms with E-state index in [1.54, 1.807) is 6.20 Å². The highest BCUT2D eigenvalue weighted by Gasteiger charge is 2.18. The summed E-state index contributed by atoms with van der Waals surface area (Å²) in [7, 11) is 0. The van der Waals surface area contributed by atoms with Crippen LogP contribution in [0.3, 0.4) is 0 Å². The first-order chi connectivity index (χ1) is 9.51. The molecular formula is C14H18BrN3O2. The zero-order valence-corrected chi connectivity index (χ0v) is 13.4. The quantitative estimate of drug-likeness (QED) is 0.907. The number of oxazole rings is 1. The number of nitrogens with zero attached hydrogens (tertiary/aromatic N) is 2. The normalized spacial score (nSPS) is 12.4. The number of carbonyl (C=O) groups is 1. The summed E-state index contributed by atoms with van der Waals surface area (Å²) in [4.78, 5) is 16.5. The van der Waals surface area contributed by atoms with Crippen molar-refractivity contribution in [2.24, 2.45) is 0 Å². The molecule has 2 heterocycles. The fourth-order valence-electron chi connectivity index (χ4n) is 2.00. The highest BCUT2D eigenvalue weighted by Crippen LogP contribution is 2.17. The third kappa shape index (κ3) is 3.30. The summed E-state index contributed by atoms with van der Waals surface area (Å²) in [5.74, 6) is 1.12. The lowest BCUT2D eigenvalue weighted by Crippen LogP contribution is -2.28. The van der Waals surface area contributed by atoms with E-state index in [0.717, 1.165) is 23.2 Å². The Labute approximate surface area is 126 Å². The van der Waals surface area contributed by atoms with Gasteiger partial charge in [-0.2, -0.15) is 0 Å². The summed E-state index contributed by atoms with van der Waals surface area (Å²) < 4.78 is 8.26. The van der Waals surface area contributed by atoms with Gasteiger partial charge in [0.15, 0.2) is 0 Å². The van der Waals surface area contributed by atoms with Gasteiger partial charge in [-0.15, -0.1) is 0 Å². The van der Waals surface area contributed by atoms with E-state index in [0.29, 0.717) is 11.6 Å². The molecule has 0 fully saturated rings. The molecule has 2 rings (SSSR count). The number of hydrogen-bond donors (Lipinski definition) is 1. The van der Waals surface area contributed by atoms with Gasteiger partial charge in [0.25, 0.3) is 5.91 Å². The molecule has 5 nitrogen and oxygen atoms in total. The molecule has 6 heteroatoms. The number of aromatic nitrogens is 2. The maximum Gasteiger partial charge on any atom is 0.268 e. The van der Waals surface area contributed by atoms with Gasteiger partial charge in [-0.05, 0) is 42.3 Å². The standard InChI is InChI=1S/C14H18BrN3O2/c1-4-5-18-8-11(15)6-12(18)13(19)17-10(3)14-16-7-9(2)20-14/h6-8,10H,4-5H2,1-3H3,(H,17,19). The second-order valence-electron chi connectivity index (χ2n) is 4.74. The first-order valence-electron chi connectivity index (χ1n) is 6.60. The van der Waals surface area contributed by atoms with Gasteiger partial charge < -0.3 is 14.3 Å². The highest BCUT2D eigenvalue weighted by molar-refractivity contribution is 9.10. The Morgan fingerprint density at radius 3 is 2.95 bits per heavy atom. The van der Waals surface area contributed by atoms with E-state index in [1.165, 1.54) is 0 Å². The molecule has 20 heavy (non-hydrogen) atoms. The van der Waals surface area contributed by atoms with Crippen molar-refractivity contribution in [3.05, 3.63) is 40.3 Å². The minimum atomic E-state index is -0.264. The van der Waals surface area contributed by atoms with E-state index in [-0.39, 0.29) is 11.9 Å². The first kappa shape index (κ1) is 14.8. The van der Waals surface area contributed by atoms with E-state index in [4.69, 9.17) is 4.42 Å². The highest BCUT2D eigenvalue weighted by atomic mass is 79.9. The number of carbonyl (C=O) groups excluding carboxylic acids is 1. The van der Waals surface area contributed by atoms with Crippen LogP contribution in [0.5, 0.6) is 0 Å². The lowest BCUT2D eigenvalue weighted by molar-refractivity contribution is 0.0924. The van der Waals surface area contributed by atoms with Gasteiger partial charge in [0, 0.05) is 17.2 Å². The average molecular weight is 340 g/mol. The van der Waals surface area contributed by atoms with Crippen LogP contribution in [0.1, 0.15) is 48.4 Å². The van der Waals surface area contributed by atoms with Crippen molar-refractivity contribution in [1.82, 2.24) is 14.9 Å². The van der Waals surface area contributed by atoms with Crippen LogP contribution >= 0.6 is 15.9 Å². The maximum absolute atomic E-state index is 12.3. The molecular weight excluding hydrogens is 322 g/mol. The second-order valence-corrected chi connectivity index (χ2v) is 5.66. The number of halogens is 1. The molecule has 1 unspecified atom stereocenters. The molecule has 1 N–H and O–H groups in total.